The van der Waals surface area contributed by atoms with Crippen molar-refractivity contribution in [1.29, 1.82) is 0 Å². The second-order valence-corrected chi connectivity index (χ2v) is 4.56. The van der Waals surface area contributed by atoms with E-state index in [4.69, 9.17) is 0 Å². The lowest BCUT2D eigenvalue weighted by Gasteiger charge is -2.23. The summed E-state index contributed by atoms with van der Waals surface area (Å²) in [4.78, 5) is 1.79. The Morgan fingerprint density at radius 3 is 2.55 bits per heavy atom. The van der Waals surface area contributed by atoms with Crippen LogP contribution in [0.3, 0.4) is 0 Å². The normalized spacial score (nSPS) is 10.6. The van der Waals surface area contributed by atoms with E-state index in [0.29, 0.717) is 17.8 Å². The number of hydrogen-bond acceptors (Lipinski definition) is 2. The van der Waals surface area contributed by atoms with Gasteiger partial charge in [0.1, 0.15) is 11.6 Å². The van der Waals surface area contributed by atoms with E-state index in [1.807, 2.05) is 13.0 Å². The molecule has 2 aromatic carbocycles. The van der Waals surface area contributed by atoms with Crippen molar-refractivity contribution in [2.24, 2.45) is 0 Å². The van der Waals surface area contributed by atoms with E-state index in [0.717, 1.165) is 12.2 Å². The second-order valence-electron chi connectivity index (χ2n) is 4.56. The molecule has 106 valence electrons. The first-order valence-electron chi connectivity index (χ1n) is 6.61. The fourth-order valence-corrected chi connectivity index (χ4v) is 2.11. The van der Waals surface area contributed by atoms with E-state index in [1.54, 1.807) is 30.1 Å². The fraction of sp³-hybridized carbons (Fsp3) is 0.250. The van der Waals surface area contributed by atoms with Gasteiger partial charge in [-0.25, -0.2) is 8.78 Å². The minimum absolute atomic E-state index is 0.258. The molecule has 0 radical (unpaired) electrons. The highest BCUT2D eigenvalue weighted by atomic mass is 19.1. The van der Waals surface area contributed by atoms with Crippen molar-refractivity contribution < 1.29 is 8.78 Å². The maximum absolute atomic E-state index is 14.0. The van der Waals surface area contributed by atoms with E-state index < -0.39 is 0 Å². The SMILES string of the molecule is CCNCc1c(F)cccc1N(C)c1cccc(F)c1. The predicted molar refractivity (Wildman–Crippen MR) is 78.2 cm³/mol. The molecule has 0 fully saturated rings. The van der Waals surface area contributed by atoms with Gasteiger partial charge in [-0.1, -0.05) is 19.1 Å². The van der Waals surface area contributed by atoms with Gasteiger partial charge in [0.15, 0.2) is 0 Å². The highest BCUT2D eigenvalue weighted by Gasteiger charge is 2.13. The zero-order chi connectivity index (χ0) is 14.5. The summed E-state index contributed by atoms with van der Waals surface area (Å²) in [6, 6.07) is 11.2. The molecule has 0 aliphatic rings. The highest BCUT2D eigenvalue weighted by molar-refractivity contribution is 5.66. The van der Waals surface area contributed by atoms with Gasteiger partial charge in [0.2, 0.25) is 0 Å². The van der Waals surface area contributed by atoms with Crippen LogP contribution >= 0.6 is 0 Å². The molecule has 1 N–H and O–H groups in total. The molecule has 4 heteroatoms. The van der Waals surface area contributed by atoms with E-state index in [-0.39, 0.29) is 11.6 Å². The van der Waals surface area contributed by atoms with Crippen LogP contribution in [0.4, 0.5) is 20.2 Å². The summed E-state index contributed by atoms with van der Waals surface area (Å²) in [5.74, 6) is -0.564. The molecule has 0 unspecified atom stereocenters. The minimum atomic E-state index is -0.306. The first-order chi connectivity index (χ1) is 9.63. The topological polar surface area (TPSA) is 15.3 Å². The number of halogens is 2. The van der Waals surface area contributed by atoms with Crippen molar-refractivity contribution in [3.63, 3.8) is 0 Å². The van der Waals surface area contributed by atoms with Crippen molar-refractivity contribution >= 4 is 11.4 Å². The van der Waals surface area contributed by atoms with Crippen LogP contribution in [0.1, 0.15) is 12.5 Å². The smallest absolute Gasteiger partial charge is 0.129 e. The number of hydrogen-bond donors (Lipinski definition) is 1. The molecule has 0 aliphatic carbocycles. The lowest BCUT2D eigenvalue weighted by molar-refractivity contribution is 0.593. The lowest BCUT2D eigenvalue weighted by Crippen LogP contribution is -2.18. The molecule has 2 aromatic rings. The fourth-order valence-electron chi connectivity index (χ4n) is 2.11. The second kappa shape index (κ2) is 6.48. The molecule has 0 amide bonds. The van der Waals surface area contributed by atoms with E-state index in [2.05, 4.69) is 5.32 Å². The van der Waals surface area contributed by atoms with E-state index >= 15 is 0 Å². The van der Waals surface area contributed by atoms with Gasteiger partial charge in [-0.05, 0) is 36.9 Å². The molecule has 0 aromatic heterocycles. The zero-order valence-electron chi connectivity index (χ0n) is 11.7. The molecule has 0 saturated carbocycles. The van der Waals surface area contributed by atoms with Gasteiger partial charge in [0, 0.05) is 30.5 Å². The molecular weight excluding hydrogens is 258 g/mol. The average molecular weight is 276 g/mol. The third-order valence-electron chi connectivity index (χ3n) is 3.20. The number of nitrogens with zero attached hydrogens (tertiary/aromatic N) is 1. The van der Waals surface area contributed by atoms with E-state index in [9.17, 15) is 8.78 Å². The summed E-state index contributed by atoms with van der Waals surface area (Å²) in [5, 5.41) is 3.12. The van der Waals surface area contributed by atoms with Gasteiger partial charge >= 0.3 is 0 Å². The quantitative estimate of drug-likeness (QED) is 0.892. The zero-order valence-corrected chi connectivity index (χ0v) is 11.7. The third-order valence-corrected chi connectivity index (χ3v) is 3.20. The van der Waals surface area contributed by atoms with Gasteiger partial charge in [-0.2, -0.15) is 0 Å². The molecule has 2 nitrogen and oxygen atoms in total. The minimum Gasteiger partial charge on any atom is -0.344 e. The monoisotopic (exact) mass is 276 g/mol. The van der Waals surface area contributed by atoms with Gasteiger partial charge in [0.25, 0.3) is 0 Å². The summed E-state index contributed by atoms with van der Waals surface area (Å²) in [5.41, 5.74) is 2.01. The summed E-state index contributed by atoms with van der Waals surface area (Å²) in [6.07, 6.45) is 0. The molecule has 0 atom stereocenters. The van der Waals surface area contributed by atoms with Crippen LogP contribution in [0, 0.1) is 11.6 Å². The van der Waals surface area contributed by atoms with Crippen LogP contribution < -0.4 is 10.2 Å². The van der Waals surface area contributed by atoms with Crippen LogP contribution in [0.2, 0.25) is 0 Å². The molecule has 0 spiro atoms. The van der Waals surface area contributed by atoms with Crippen LogP contribution in [0.15, 0.2) is 42.5 Å². The van der Waals surface area contributed by atoms with Gasteiger partial charge < -0.3 is 10.2 Å². The number of rotatable bonds is 5. The maximum atomic E-state index is 14.0. The highest BCUT2D eigenvalue weighted by Crippen LogP contribution is 2.29. The van der Waals surface area contributed by atoms with Gasteiger partial charge in [0.05, 0.1) is 0 Å². The molecule has 0 aliphatic heterocycles. The third kappa shape index (κ3) is 3.14. The Labute approximate surface area is 118 Å². The average Bonchev–Trinajstić information content (AvgIpc) is 2.45. The Hall–Kier alpha value is -1.94. The summed E-state index contributed by atoms with van der Waals surface area (Å²) < 4.78 is 27.3. The maximum Gasteiger partial charge on any atom is 0.129 e. The van der Waals surface area contributed by atoms with Crippen LogP contribution in [0.5, 0.6) is 0 Å². The van der Waals surface area contributed by atoms with Gasteiger partial charge in [-0.15, -0.1) is 0 Å². The first-order valence-corrected chi connectivity index (χ1v) is 6.61. The first kappa shape index (κ1) is 14.5. The van der Waals surface area contributed by atoms with Gasteiger partial charge in [-0.3, -0.25) is 0 Å². The van der Waals surface area contributed by atoms with Crippen LogP contribution in [-0.4, -0.2) is 13.6 Å². The van der Waals surface area contributed by atoms with Crippen molar-refractivity contribution in [3.8, 4) is 0 Å². The van der Waals surface area contributed by atoms with Crippen molar-refractivity contribution in [2.45, 2.75) is 13.5 Å². The van der Waals surface area contributed by atoms with Crippen molar-refractivity contribution in [2.75, 3.05) is 18.5 Å². The summed E-state index contributed by atoms with van der Waals surface area (Å²) in [7, 11) is 1.80. The Balaban J connectivity index is 2.38. The van der Waals surface area contributed by atoms with Crippen LogP contribution in [-0.2, 0) is 6.54 Å². The molecule has 0 bridgehead atoms. The lowest BCUT2D eigenvalue weighted by atomic mass is 10.1. The Morgan fingerprint density at radius 1 is 1.10 bits per heavy atom. The molecular formula is C16H18F2N2. The predicted octanol–water partition coefficient (Wildman–Crippen LogP) is 3.84. The summed E-state index contributed by atoms with van der Waals surface area (Å²) >= 11 is 0. The van der Waals surface area contributed by atoms with Crippen molar-refractivity contribution in [3.05, 3.63) is 59.7 Å². The van der Waals surface area contributed by atoms with E-state index in [1.165, 1.54) is 18.2 Å². The Morgan fingerprint density at radius 2 is 1.85 bits per heavy atom. The number of anilines is 2. The standard InChI is InChI=1S/C16H18F2N2/c1-3-19-11-14-15(18)8-5-9-16(14)20(2)13-7-4-6-12(17)10-13/h4-10,19H,3,11H2,1-2H3. The molecule has 0 heterocycles. The molecule has 20 heavy (non-hydrogen) atoms. The number of benzene rings is 2. The largest absolute Gasteiger partial charge is 0.344 e. The number of nitrogens with one attached hydrogen (secondary N) is 1. The summed E-state index contributed by atoms with van der Waals surface area (Å²) in [6.45, 7) is 3.17. The Bertz CT molecular complexity index is 584. The van der Waals surface area contributed by atoms with Crippen molar-refractivity contribution in [1.82, 2.24) is 5.32 Å². The Kier molecular flexibility index (Phi) is 4.69. The van der Waals surface area contributed by atoms with Crippen LogP contribution in [0.25, 0.3) is 0 Å². The molecule has 0 saturated heterocycles. The molecule has 2 rings (SSSR count).